The van der Waals surface area contributed by atoms with Crippen molar-refractivity contribution in [3.63, 3.8) is 0 Å². The highest BCUT2D eigenvalue weighted by molar-refractivity contribution is 6.22. The molecule has 0 unspecified atom stereocenters. The minimum Gasteiger partial charge on any atom is -0.453 e. The van der Waals surface area contributed by atoms with Crippen LogP contribution in [0.5, 0.6) is 0 Å². The van der Waals surface area contributed by atoms with Gasteiger partial charge in [0.15, 0.2) is 6.10 Å². The van der Waals surface area contributed by atoms with Crippen LogP contribution in [0.15, 0.2) is 48.5 Å². The number of fused-ring (bicyclic) bond motifs is 1. The van der Waals surface area contributed by atoms with Gasteiger partial charge < -0.3 is 4.74 Å². The zero-order chi connectivity index (χ0) is 21.3. The summed E-state index contributed by atoms with van der Waals surface area (Å²) in [6, 6.07) is 13.5. The highest BCUT2D eigenvalue weighted by Crippen LogP contribution is 2.24. The Kier molecular flexibility index (Phi) is 5.38. The van der Waals surface area contributed by atoms with E-state index < -0.39 is 30.4 Å². The molecule has 3 rings (SSSR count). The lowest BCUT2D eigenvalue weighted by Crippen LogP contribution is -2.37. The van der Waals surface area contributed by atoms with Crippen molar-refractivity contribution in [3.05, 3.63) is 70.8 Å². The largest absolute Gasteiger partial charge is 0.453 e. The van der Waals surface area contributed by atoms with Crippen LogP contribution in [-0.4, -0.2) is 41.1 Å². The summed E-state index contributed by atoms with van der Waals surface area (Å²) in [6.07, 6.45) is -1.03. The number of esters is 1. The first-order chi connectivity index (χ1) is 13.6. The first kappa shape index (κ1) is 20.5. The number of amides is 2. The monoisotopic (exact) mass is 393 g/mol. The van der Waals surface area contributed by atoms with E-state index in [1.807, 2.05) is 12.1 Å². The molecule has 0 bridgehead atoms. The van der Waals surface area contributed by atoms with Gasteiger partial charge in [-0.25, -0.2) is 0 Å². The van der Waals surface area contributed by atoms with E-state index >= 15 is 0 Å². The van der Waals surface area contributed by atoms with Gasteiger partial charge in [-0.1, -0.05) is 57.2 Å². The quantitative estimate of drug-likeness (QED) is 0.442. The Morgan fingerprint density at radius 2 is 1.45 bits per heavy atom. The molecule has 0 aromatic heterocycles. The number of hydrogen-bond acceptors (Lipinski definition) is 5. The van der Waals surface area contributed by atoms with Crippen LogP contribution in [0, 0.1) is 0 Å². The van der Waals surface area contributed by atoms with Gasteiger partial charge in [-0.05, 0) is 30.0 Å². The highest BCUT2D eigenvalue weighted by atomic mass is 16.5. The summed E-state index contributed by atoms with van der Waals surface area (Å²) in [5, 5.41) is 0. The number of ether oxygens (including phenoxy) is 1. The minimum absolute atomic E-state index is 0.0357. The molecule has 0 saturated heterocycles. The van der Waals surface area contributed by atoms with Crippen molar-refractivity contribution >= 4 is 23.6 Å². The van der Waals surface area contributed by atoms with Gasteiger partial charge in [0, 0.05) is 5.56 Å². The van der Waals surface area contributed by atoms with Crippen LogP contribution in [0.3, 0.4) is 0 Å². The summed E-state index contributed by atoms with van der Waals surface area (Å²) in [6.45, 7) is 7.17. The van der Waals surface area contributed by atoms with Gasteiger partial charge in [0.25, 0.3) is 11.8 Å². The standard InChI is InChI=1S/C23H23NO5/c1-14(20(26)15-9-11-16(12-10-15)23(2,3)4)29-19(25)13-24-21(27)17-7-5-6-8-18(17)22(24)28/h5-12,14H,13H2,1-4H3/t14-/m1/s1. The third-order valence-electron chi connectivity index (χ3n) is 4.88. The molecule has 1 atom stereocenters. The molecule has 6 nitrogen and oxygen atoms in total. The average Bonchev–Trinajstić information content (AvgIpc) is 2.92. The van der Waals surface area contributed by atoms with Crippen molar-refractivity contribution in [1.29, 1.82) is 0 Å². The van der Waals surface area contributed by atoms with Crippen LogP contribution in [0.1, 0.15) is 64.3 Å². The second-order valence-electron chi connectivity index (χ2n) is 8.07. The predicted octanol–water partition coefficient (Wildman–Crippen LogP) is 3.39. The summed E-state index contributed by atoms with van der Waals surface area (Å²) in [4.78, 5) is 50.3. The van der Waals surface area contributed by atoms with Gasteiger partial charge in [-0.3, -0.25) is 24.1 Å². The van der Waals surface area contributed by atoms with Gasteiger partial charge in [-0.15, -0.1) is 0 Å². The molecule has 0 aliphatic carbocycles. The molecule has 0 saturated carbocycles. The molecule has 0 radical (unpaired) electrons. The van der Waals surface area contributed by atoms with E-state index in [1.165, 1.54) is 19.1 Å². The van der Waals surface area contributed by atoms with Crippen LogP contribution in [-0.2, 0) is 14.9 Å². The summed E-state index contributed by atoms with van der Waals surface area (Å²) in [5.74, 6) is -2.24. The van der Waals surface area contributed by atoms with E-state index in [0.29, 0.717) is 5.56 Å². The van der Waals surface area contributed by atoms with Gasteiger partial charge in [0.1, 0.15) is 6.54 Å². The van der Waals surface area contributed by atoms with E-state index in [4.69, 9.17) is 4.74 Å². The van der Waals surface area contributed by atoms with E-state index in [1.54, 1.807) is 24.3 Å². The normalized spacial score (nSPS) is 14.6. The maximum atomic E-state index is 12.6. The zero-order valence-corrected chi connectivity index (χ0v) is 16.9. The third kappa shape index (κ3) is 4.11. The maximum absolute atomic E-state index is 12.6. The summed E-state index contributed by atoms with van der Waals surface area (Å²) in [7, 11) is 0. The second kappa shape index (κ2) is 7.62. The van der Waals surface area contributed by atoms with Crippen molar-refractivity contribution in [1.82, 2.24) is 4.90 Å². The Morgan fingerprint density at radius 3 is 1.93 bits per heavy atom. The van der Waals surface area contributed by atoms with E-state index in [0.717, 1.165) is 10.5 Å². The maximum Gasteiger partial charge on any atom is 0.326 e. The summed E-state index contributed by atoms with van der Waals surface area (Å²) >= 11 is 0. The van der Waals surface area contributed by atoms with Crippen molar-refractivity contribution in [2.75, 3.05) is 6.54 Å². The SMILES string of the molecule is C[C@@H](OC(=O)CN1C(=O)c2ccccc2C1=O)C(=O)c1ccc(C(C)(C)C)cc1. The Bertz CT molecular complexity index is 950. The fraction of sp³-hybridized carbons (Fsp3) is 0.304. The van der Waals surface area contributed by atoms with Crippen LogP contribution in [0.2, 0.25) is 0 Å². The molecule has 2 amide bonds. The van der Waals surface area contributed by atoms with Gasteiger partial charge in [0.2, 0.25) is 5.78 Å². The molecule has 1 aliphatic heterocycles. The number of carbonyl (C=O) groups is 4. The molecule has 6 heteroatoms. The Balaban J connectivity index is 1.63. The lowest BCUT2D eigenvalue weighted by atomic mass is 9.86. The Hall–Kier alpha value is -3.28. The number of hydrogen-bond donors (Lipinski definition) is 0. The van der Waals surface area contributed by atoms with Crippen LogP contribution >= 0.6 is 0 Å². The number of rotatable bonds is 5. The van der Waals surface area contributed by atoms with Crippen LogP contribution in [0.4, 0.5) is 0 Å². The van der Waals surface area contributed by atoms with E-state index in [-0.39, 0.29) is 22.3 Å². The van der Waals surface area contributed by atoms with E-state index in [2.05, 4.69) is 20.8 Å². The minimum atomic E-state index is -1.03. The molecule has 0 N–H and O–H groups in total. The fourth-order valence-electron chi connectivity index (χ4n) is 3.17. The topological polar surface area (TPSA) is 80.8 Å². The number of benzene rings is 2. The fourth-order valence-corrected chi connectivity index (χ4v) is 3.17. The Labute approximate surface area is 169 Å². The predicted molar refractivity (Wildman–Crippen MR) is 107 cm³/mol. The average molecular weight is 393 g/mol. The van der Waals surface area contributed by atoms with Gasteiger partial charge in [0.05, 0.1) is 11.1 Å². The number of carbonyl (C=O) groups excluding carboxylic acids is 4. The van der Waals surface area contributed by atoms with Gasteiger partial charge in [-0.2, -0.15) is 0 Å². The van der Waals surface area contributed by atoms with Crippen LogP contribution < -0.4 is 0 Å². The molecule has 1 aliphatic rings. The first-order valence-electron chi connectivity index (χ1n) is 9.39. The molecule has 29 heavy (non-hydrogen) atoms. The summed E-state index contributed by atoms with van der Waals surface area (Å²) in [5.41, 5.74) is 2.00. The molecular weight excluding hydrogens is 370 g/mol. The van der Waals surface area contributed by atoms with Crippen molar-refractivity contribution in [3.8, 4) is 0 Å². The van der Waals surface area contributed by atoms with Crippen LogP contribution in [0.25, 0.3) is 0 Å². The Morgan fingerprint density at radius 1 is 0.931 bits per heavy atom. The van der Waals surface area contributed by atoms with Crippen molar-refractivity contribution < 1.29 is 23.9 Å². The van der Waals surface area contributed by atoms with Crippen molar-refractivity contribution in [2.24, 2.45) is 0 Å². The second-order valence-corrected chi connectivity index (χ2v) is 8.07. The first-order valence-corrected chi connectivity index (χ1v) is 9.39. The summed E-state index contributed by atoms with van der Waals surface area (Å²) < 4.78 is 5.19. The lowest BCUT2D eigenvalue weighted by Gasteiger charge is -2.19. The molecular formula is C23H23NO5. The molecule has 0 fully saturated rings. The highest BCUT2D eigenvalue weighted by Gasteiger charge is 2.37. The number of imide groups is 1. The molecule has 0 spiro atoms. The number of Topliss-reactive ketones (excluding diaryl/α,β-unsaturated/α-hetero) is 1. The molecule has 1 heterocycles. The van der Waals surface area contributed by atoms with Gasteiger partial charge >= 0.3 is 5.97 Å². The smallest absolute Gasteiger partial charge is 0.326 e. The number of nitrogens with zero attached hydrogens (tertiary/aromatic N) is 1. The van der Waals surface area contributed by atoms with Crippen molar-refractivity contribution in [2.45, 2.75) is 39.2 Å². The van der Waals surface area contributed by atoms with E-state index in [9.17, 15) is 19.2 Å². The lowest BCUT2D eigenvalue weighted by molar-refractivity contribution is -0.146. The zero-order valence-electron chi connectivity index (χ0n) is 16.9. The third-order valence-corrected chi connectivity index (χ3v) is 4.88. The molecule has 150 valence electrons. The molecule has 2 aromatic carbocycles. The number of ketones is 1. The molecule has 2 aromatic rings.